The van der Waals surface area contributed by atoms with Gasteiger partial charge in [-0.2, -0.15) is 0 Å². The number of aromatic nitrogens is 1. The van der Waals surface area contributed by atoms with Gasteiger partial charge in [-0.15, -0.1) is 0 Å². The van der Waals surface area contributed by atoms with Crippen molar-refractivity contribution in [3.05, 3.63) is 45.2 Å². The van der Waals surface area contributed by atoms with Crippen LogP contribution in [-0.2, 0) is 6.54 Å². The summed E-state index contributed by atoms with van der Waals surface area (Å²) in [6.07, 6.45) is 5.25. The van der Waals surface area contributed by atoms with Gasteiger partial charge in [0, 0.05) is 46.2 Å². The van der Waals surface area contributed by atoms with Gasteiger partial charge in [-0.05, 0) is 50.4 Å². The van der Waals surface area contributed by atoms with E-state index in [-0.39, 0.29) is 16.9 Å². The minimum atomic E-state index is -0.168. The van der Waals surface area contributed by atoms with Crippen LogP contribution in [0.5, 0.6) is 0 Å². The zero-order valence-corrected chi connectivity index (χ0v) is 14.5. The standard InChI is InChI=1S/C19H23ClN2O2/c20-13-4-5-16-15(9-13)17(23)10-14(21-16)11-22-8-2-7-19(12-22)6-1-3-18(19)24/h4-5,9-10,18,24H,1-3,6-8,11-12H2,(H,21,23)/t18-,19-/m1/s1. The van der Waals surface area contributed by atoms with Gasteiger partial charge in [0.2, 0.25) is 0 Å². The smallest absolute Gasteiger partial charge is 0.189 e. The first-order valence-electron chi connectivity index (χ1n) is 8.78. The van der Waals surface area contributed by atoms with Crippen LogP contribution in [0.25, 0.3) is 10.9 Å². The largest absolute Gasteiger partial charge is 0.393 e. The molecule has 2 N–H and O–H groups in total. The predicted molar refractivity (Wildman–Crippen MR) is 96.4 cm³/mol. The molecule has 1 spiro atoms. The first kappa shape index (κ1) is 16.1. The average molecular weight is 347 g/mol. The molecule has 0 radical (unpaired) electrons. The SMILES string of the molecule is O=c1cc(CN2CCC[C@]3(CCC[C@H]3O)C2)[nH]c2ccc(Cl)cc12. The fourth-order valence-corrected chi connectivity index (χ4v) is 4.76. The van der Waals surface area contributed by atoms with Crippen molar-refractivity contribution in [1.29, 1.82) is 0 Å². The maximum atomic E-state index is 12.4. The normalized spacial score (nSPS) is 28.0. The van der Waals surface area contributed by atoms with Crippen molar-refractivity contribution in [3.8, 4) is 0 Å². The number of pyridine rings is 1. The number of fused-ring (bicyclic) bond motifs is 1. The van der Waals surface area contributed by atoms with Crippen molar-refractivity contribution in [2.75, 3.05) is 13.1 Å². The van der Waals surface area contributed by atoms with Crippen molar-refractivity contribution in [2.45, 2.75) is 44.8 Å². The lowest BCUT2D eigenvalue weighted by molar-refractivity contribution is -0.0123. The van der Waals surface area contributed by atoms with Gasteiger partial charge < -0.3 is 10.1 Å². The molecule has 1 aromatic heterocycles. The Bertz CT molecular complexity index is 819. The van der Waals surface area contributed by atoms with Crippen LogP contribution in [-0.4, -0.2) is 34.2 Å². The number of hydrogen-bond donors (Lipinski definition) is 2. The van der Waals surface area contributed by atoms with E-state index < -0.39 is 0 Å². The summed E-state index contributed by atoms with van der Waals surface area (Å²) in [5.41, 5.74) is 1.84. The third-order valence-corrected chi connectivity index (χ3v) is 6.02. The van der Waals surface area contributed by atoms with Gasteiger partial charge in [-0.1, -0.05) is 18.0 Å². The number of hydrogen-bond acceptors (Lipinski definition) is 3. The molecule has 5 heteroatoms. The van der Waals surface area contributed by atoms with Crippen LogP contribution in [0.1, 0.15) is 37.8 Å². The Hall–Kier alpha value is -1.36. The van der Waals surface area contributed by atoms with Crippen molar-refractivity contribution in [3.63, 3.8) is 0 Å². The topological polar surface area (TPSA) is 56.3 Å². The molecule has 0 bridgehead atoms. The summed E-state index contributed by atoms with van der Waals surface area (Å²) >= 11 is 5.98. The van der Waals surface area contributed by atoms with Crippen LogP contribution in [0.4, 0.5) is 0 Å². The lowest BCUT2D eigenvalue weighted by Gasteiger charge is -2.42. The number of aliphatic hydroxyl groups is 1. The van der Waals surface area contributed by atoms with Gasteiger partial charge in [-0.25, -0.2) is 0 Å². The molecule has 2 atom stereocenters. The number of aromatic amines is 1. The quantitative estimate of drug-likeness (QED) is 0.877. The molecule has 1 aliphatic heterocycles. The van der Waals surface area contributed by atoms with Crippen molar-refractivity contribution < 1.29 is 5.11 Å². The number of aliphatic hydroxyl groups excluding tert-OH is 1. The number of piperidine rings is 1. The monoisotopic (exact) mass is 346 g/mol. The van der Waals surface area contributed by atoms with E-state index in [1.54, 1.807) is 18.2 Å². The van der Waals surface area contributed by atoms with E-state index >= 15 is 0 Å². The lowest BCUT2D eigenvalue weighted by atomic mass is 9.76. The highest BCUT2D eigenvalue weighted by Gasteiger charge is 2.44. The number of H-pyrrole nitrogens is 1. The van der Waals surface area contributed by atoms with E-state index in [2.05, 4.69) is 9.88 Å². The summed E-state index contributed by atoms with van der Waals surface area (Å²) in [5.74, 6) is 0. The Labute approximate surface area is 146 Å². The van der Waals surface area contributed by atoms with Gasteiger partial charge in [0.05, 0.1) is 6.10 Å². The Kier molecular flexibility index (Phi) is 4.15. The molecule has 1 aliphatic carbocycles. The van der Waals surface area contributed by atoms with Crippen LogP contribution in [0, 0.1) is 5.41 Å². The molecular formula is C19H23ClN2O2. The number of nitrogens with one attached hydrogen (secondary N) is 1. The molecular weight excluding hydrogens is 324 g/mol. The third kappa shape index (κ3) is 2.87. The molecule has 2 fully saturated rings. The van der Waals surface area contributed by atoms with E-state index in [0.717, 1.165) is 62.9 Å². The van der Waals surface area contributed by atoms with Gasteiger partial charge in [0.1, 0.15) is 0 Å². The maximum absolute atomic E-state index is 12.4. The second kappa shape index (κ2) is 6.17. The molecule has 1 saturated carbocycles. The van der Waals surface area contributed by atoms with Gasteiger partial charge in [0.25, 0.3) is 0 Å². The minimum Gasteiger partial charge on any atom is -0.393 e. The molecule has 0 amide bonds. The minimum absolute atomic E-state index is 0.00822. The molecule has 24 heavy (non-hydrogen) atoms. The van der Waals surface area contributed by atoms with Crippen LogP contribution in [0.2, 0.25) is 5.02 Å². The molecule has 2 heterocycles. The van der Waals surface area contributed by atoms with E-state index in [0.29, 0.717) is 10.4 Å². The Morgan fingerprint density at radius 3 is 2.92 bits per heavy atom. The summed E-state index contributed by atoms with van der Waals surface area (Å²) in [4.78, 5) is 18.1. The van der Waals surface area contributed by atoms with Crippen molar-refractivity contribution in [1.82, 2.24) is 9.88 Å². The molecule has 2 aliphatic rings. The first-order valence-corrected chi connectivity index (χ1v) is 9.15. The Balaban J connectivity index is 1.58. The van der Waals surface area contributed by atoms with Gasteiger partial charge >= 0.3 is 0 Å². The maximum Gasteiger partial charge on any atom is 0.189 e. The summed E-state index contributed by atoms with van der Waals surface area (Å²) in [7, 11) is 0. The molecule has 4 rings (SSSR count). The van der Waals surface area contributed by atoms with Crippen molar-refractivity contribution >= 4 is 22.5 Å². The van der Waals surface area contributed by atoms with E-state index in [1.165, 1.54) is 0 Å². The van der Waals surface area contributed by atoms with E-state index in [1.807, 2.05) is 6.07 Å². The second-order valence-corrected chi connectivity index (χ2v) is 7.87. The number of nitrogens with zero attached hydrogens (tertiary/aromatic N) is 1. The highest BCUT2D eigenvalue weighted by molar-refractivity contribution is 6.31. The van der Waals surface area contributed by atoms with Crippen LogP contribution >= 0.6 is 11.6 Å². The molecule has 4 nitrogen and oxygen atoms in total. The number of benzene rings is 1. The molecule has 1 aromatic carbocycles. The molecule has 2 aromatic rings. The van der Waals surface area contributed by atoms with Gasteiger partial charge in [-0.3, -0.25) is 9.69 Å². The molecule has 1 saturated heterocycles. The summed E-state index contributed by atoms with van der Waals surface area (Å²) in [5, 5.41) is 11.6. The lowest BCUT2D eigenvalue weighted by Crippen LogP contribution is -2.46. The number of likely N-dealkylation sites (tertiary alicyclic amines) is 1. The van der Waals surface area contributed by atoms with E-state index in [9.17, 15) is 9.90 Å². The molecule has 128 valence electrons. The zero-order valence-electron chi connectivity index (χ0n) is 13.7. The average Bonchev–Trinajstić information content (AvgIpc) is 2.88. The highest BCUT2D eigenvalue weighted by atomic mass is 35.5. The first-order chi connectivity index (χ1) is 11.6. The fraction of sp³-hybridized carbons (Fsp3) is 0.526. The summed E-state index contributed by atoms with van der Waals surface area (Å²) in [6, 6.07) is 7.06. The fourth-order valence-electron chi connectivity index (χ4n) is 4.59. The number of rotatable bonds is 2. The van der Waals surface area contributed by atoms with E-state index in [4.69, 9.17) is 11.6 Å². The van der Waals surface area contributed by atoms with Gasteiger partial charge in [0.15, 0.2) is 5.43 Å². The van der Waals surface area contributed by atoms with Crippen LogP contribution < -0.4 is 5.43 Å². The predicted octanol–water partition coefficient (Wildman–Crippen LogP) is 3.31. The summed E-state index contributed by atoms with van der Waals surface area (Å²) < 4.78 is 0. The Morgan fingerprint density at radius 1 is 1.29 bits per heavy atom. The summed E-state index contributed by atoms with van der Waals surface area (Å²) in [6.45, 7) is 2.67. The van der Waals surface area contributed by atoms with Crippen molar-refractivity contribution in [2.24, 2.45) is 5.41 Å². The number of halogens is 1. The Morgan fingerprint density at radius 2 is 2.12 bits per heavy atom. The molecule has 0 unspecified atom stereocenters. The zero-order chi connectivity index (χ0) is 16.7. The van der Waals surface area contributed by atoms with Crippen LogP contribution in [0.3, 0.4) is 0 Å². The van der Waals surface area contributed by atoms with Crippen LogP contribution in [0.15, 0.2) is 29.1 Å². The highest BCUT2D eigenvalue weighted by Crippen LogP contribution is 2.45. The third-order valence-electron chi connectivity index (χ3n) is 5.79. The second-order valence-electron chi connectivity index (χ2n) is 7.43.